The van der Waals surface area contributed by atoms with Crippen LogP contribution in [0.2, 0.25) is 0 Å². The van der Waals surface area contributed by atoms with Gasteiger partial charge in [0, 0.05) is 18.2 Å². The van der Waals surface area contributed by atoms with Crippen LogP contribution in [-0.4, -0.2) is 11.5 Å². The number of aryl methyl sites for hydroxylation is 1. The first-order valence-corrected chi connectivity index (χ1v) is 6.16. The molecule has 0 saturated carbocycles. The summed E-state index contributed by atoms with van der Waals surface area (Å²) in [4.78, 5) is 4.39. The van der Waals surface area contributed by atoms with E-state index >= 15 is 0 Å². The molecule has 1 aromatic heterocycles. The molecule has 0 bridgehead atoms. The summed E-state index contributed by atoms with van der Waals surface area (Å²) in [6, 6.07) is 4.12. The molecule has 0 spiro atoms. The van der Waals surface area contributed by atoms with Crippen molar-refractivity contribution < 1.29 is 0 Å². The van der Waals surface area contributed by atoms with Gasteiger partial charge in [-0.1, -0.05) is 24.8 Å². The van der Waals surface area contributed by atoms with Crippen LogP contribution in [0.4, 0.5) is 0 Å². The van der Waals surface area contributed by atoms with Crippen molar-refractivity contribution in [1.29, 1.82) is 0 Å². The molecular formula is C15H22N2. The molecule has 17 heavy (non-hydrogen) atoms. The standard InChI is InChI=1S/C15H22N2/c1-5-13-8-6-11-17-14(13)12-16-10-7-9-15(2,3)4/h6,8,11,16H,5,10,12H2,1-4H3. The molecule has 0 aliphatic rings. The fraction of sp³-hybridized carbons (Fsp3) is 0.533. The number of hydrogen-bond acceptors (Lipinski definition) is 2. The Hall–Kier alpha value is -1.33. The fourth-order valence-electron chi connectivity index (χ4n) is 1.51. The predicted octanol–water partition coefficient (Wildman–Crippen LogP) is 2.78. The molecule has 0 aromatic carbocycles. The maximum absolute atomic E-state index is 4.39. The maximum atomic E-state index is 4.39. The predicted molar refractivity (Wildman–Crippen MR) is 72.6 cm³/mol. The average molecular weight is 230 g/mol. The molecule has 0 saturated heterocycles. The van der Waals surface area contributed by atoms with Gasteiger partial charge in [0.15, 0.2) is 0 Å². The zero-order chi connectivity index (χ0) is 12.7. The van der Waals surface area contributed by atoms with Crippen LogP contribution in [0.5, 0.6) is 0 Å². The SMILES string of the molecule is CCc1cccnc1CNCC#CC(C)(C)C. The van der Waals surface area contributed by atoms with E-state index in [4.69, 9.17) is 0 Å². The largest absolute Gasteiger partial charge is 0.301 e. The molecule has 2 heteroatoms. The minimum absolute atomic E-state index is 0.0846. The first kappa shape index (κ1) is 13.7. The molecule has 0 atom stereocenters. The molecule has 0 radical (unpaired) electrons. The summed E-state index contributed by atoms with van der Waals surface area (Å²) in [5, 5.41) is 3.31. The van der Waals surface area contributed by atoms with E-state index in [1.807, 2.05) is 12.3 Å². The first-order chi connectivity index (χ1) is 8.03. The van der Waals surface area contributed by atoms with E-state index in [1.165, 1.54) is 5.56 Å². The third-order valence-corrected chi connectivity index (χ3v) is 2.33. The molecule has 0 fully saturated rings. The fourth-order valence-corrected chi connectivity index (χ4v) is 1.51. The maximum Gasteiger partial charge on any atom is 0.0579 e. The Morgan fingerprint density at radius 2 is 2.12 bits per heavy atom. The Bertz CT molecular complexity index is 405. The summed E-state index contributed by atoms with van der Waals surface area (Å²) < 4.78 is 0. The highest BCUT2D eigenvalue weighted by atomic mass is 14.9. The zero-order valence-corrected chi connectivity index (χ0v) is 11.3. The first-order valence-electron chi connectivity index (χ1n) is 6.16. The van der Waals surface area contributed by atoms with E-state index in [1.54, 1.807) is 0 Å². The minimum atomic E-state index is 0.0846. The van der Waals surface area contributed by atoms with Gasteiger partial charge in [0.25, 0.3) is 0 Å². The molecule has 2 nitrogen and oxygen atoms in total. The number of hydrogen-bond donors (Lipinski definition) is 1. The number of rotatable bonds is 4. The van der Waals surface area contributed by atoms with Gasteiger partial charge in [-0.2, -0.15) is 0 Å². The highest BCUT2D eigenvalue weighted by Crippen LogP contribution is 2.09. The second-order valence-electron chi connectivity index (χ2n) is 5.12. The molecule has 0 amide bonds. The Kier molecular flexibility index (Phi) is 5.18. The number of pyridine rings is 1. The second-order valence-corrected chi connectivity index (χ2v) is 5.12. The lowest BCUT2D eigenvalue weighted by Crippen LogP contribution is -2.16. The highest BCUT2D eigenvalue weighted by Gasteiger charge is 2.03. The highest BCUT2D eigenvalue weighted by molar-refractivity contribution is 5.19. The van der Waals surface area contributed by atoms with Crippen molar-refractivity contribution in [2.45, 2.75) is 40.7 Å². The van der Waals surface area contributed by atoms with Crippen molar-refractivity contribution in [3.05, 3.63) is 29.6 Å². The average Bonchev–Trinajstić information content (AvgIpc) is 2.27. The van der Waals surface area contributed by atoms with Crippen LogP contribution in [0.3, 0.4) is 0 Å². The second kappa shape index (κ2) is 6.42. The van der Waals surface area contributed by atoms with Crippen LogP contribution in [0.15, 0.2) is 18.3 Å². The van der Waals surface area contributed by atoms with Gasteiger partial charge in [-0.05, 0) is 38.8 Å². The lowest BCUT2D eigenvalue weighted by Gasteiger charge is -2.08. The third-order valence-electron chi connectivity index (χ3n) is 2.33. The van der Waals surface area contributed by atoms with Gasteiger partial charge < -0.3 is 5.32 Å². The van der Waals surface area contributed by atoms with Crippen LogP contribution in [0, 0.1) is 17.3 Å². The van der Waals surface area contributed by atoms with Crippen LogP contribution in [0.25, 0.3) is 0 Å². The van der Waals surface area contributed by atoms with E-state index in [2.05, 4.69) is 55.9 Å². The summed E-state index contributed by atoms with van der Waals surface area (Å²) in [6.07, 6.45) is 2.87. The normalized spacial score (nSPS) is 10.8. The summed E-state index contributed by atoms with van der Waals surface area (Å²) in [6.45, 7) is 10.0. The molecule has 1 heterocycles. The Balaban J connectivity index is 2.43. The van der Waals surface area contributed by atoms with Gasteiger partial charge in [0.1, 0.15) is 0 Å². The number of nitrogens with one attached hydrogen (secondary N) is 1. The van der Waals surface area contributed by atoms with E-state index in [-0.39, 0.29) is 5.41 Å². The molecule has 0 unspecified atom stereocenters. The van der Waals surface area contributed by atoms with Crippen molar-refractivity contribution >= 4 is 0 Å². The van der Waals surface area contributed by atoms with Crippen LogP contribution in [0.1, 0.15) is 39.0 Å². The van der Waals surface area contributed by atoms with Gasteiger partial charge in [0.2, 0.25) is 0 Å². The minimum Gasteiger partial charge on any atom is -0.301 e. The van der Waals surface area contributed by atoms with Gasteiger partial charge in [-0.3, -0.25) is 4.98 Å². The Labute approximate surface area is 105 Å². The summed E-state index contributed by atoms with van der Waals surface area (Å²) in [5.74, 6) is 6.35. The van der Waals surface area contributed by atoms with Gasteiger partial charge in [0.05, 0.1) is 12.2 Å². The molecule has 1 rings (SSSR count). The van der Waals surface area contributed by atoms with E-state index in [9.17, 15) is 0 Å². The lowest BCUT2D eigenvalue weighted by atomic mass is 9.98. The molecule has 1 aromatic rings. The van der Waals surface area contributed by atoms with E-state index in [0.717, 1.165) is 25.2 Å². The molecule has 0 aliphatic heterocycles. The summed E-state index contributed by atoms with van der Waals surface area (Å²) in [5.41, 5.74) is 2.53. The van der Waals surface area contributed by atoms with Crippen molar-refractivity contribution in [3.63, 3.8) is 0 Å². The van der Waals surface area contributed by atoms with Gasteiger partial charge >= 0.3 is 0 Å². The van der Waals surface area contributed by atoms with Crippen LogP contribution < -0.4 is 5.32 Å². The summed E-state index contributed by atoms with van der Waals surface area (Å²) in [7, 11) is 0. The molecular weight excluding hydrogens is 208 g/mol. The quantitative estimate of drug-likeness (QED) is 0.635. The number of nitrogens with zero attached hydrogens (tertiary/aromatic N) is 1. The van der Waals surface area contributed by atoms with E-state index in [0.29, 0.717) is 0 Å². The lowest BCUT2D eigenvalue weighted by molar-refractivity contribution is 0.569. The zero-order valence-electron chi connectivity index (χ0n) is 11.3. The van der Waals surface area contributed by atoms with Gasteiger partial charge in [-0.25, -0.2) is 0 Å². The van der Waals surface area contributed by atoms with Crippen molar-refractivity contribution in [2.24, 2.45) is 5.41 Å². The monoisotopic (exact) mass is 230 g/mol. The Morgan fingerprint density at radius 1 is 1.35 bits per heavy atom. The van der Waals surface area contributed by atoms with Crippen LogP contribution >= 0.6 is 0 Å². The molecule has 0 aliphatic carbocycles. The van der Waals surface area contributed by atoms with E-state index < -0.39 is 0 Å². The van der Waals surface area contributed by atoms with Gasteiger partial charge in [-0.15, -0.1) is 0 Å². The van der Waals surface area contributed by atoms with Crippen molar-refractivity contribution in [2.75, 3.05) is 6.54 Å². The number of aromatic nitrogens is 1. The van der Waals surface area contributed by atoms with Crippen molar-refractivity contribution in [1.82, 2.24) is 10.3 Å². The molecule has 92 valence electrons. The topological polar surface area (TPSA) is 24.9 Å². The molecule has 1 N–H and O–H groups in total. The van der Waals surface area contributed by atoms with Crippen LogP contribution in [-0.2, 0) is 13.0 Å². The summed E-state index contributed by atoms with van der Waals surface area (Å²) >= 11 is 0. The Morgan fingerprint density at radius 3 is 2.76 bits per heavy atom. The smallest absolute Gasteiger partial charge is 0.0579 e. The third kappa shape index (κ3) is 5.51. The van der Waals surface area contributed by atoms with Crippen molar-refractivity contribution in [3.8, 4) is 11.8 Å².